The number of nitrogens with zero attached hydrogens (tertiary/aromatic N) is 2. The molecular weight excluding hydrogens is 228 g/mol. The molecular formula is C13H24N4O. The minimum Gasteiger partial charge on any atom is -0.361 e. The van der Waals surface area contributed by atoms with Gasteiger partial charge in [0, 0.05) is 24.7 Å². The van der Waals surface area contributed by atoms with E-state index in [1.807, 2.05) is 13.8 Å². The van der Waals surface area contributed by atoms with Gasteiger partial charge >= 0.3 is 0 Å². The van der Waals surface area contributed by atoms with Crippen molar-refractivity contribution >= 4 is 5.96 Å². The molecule has 1 heterocycles. The van der Waals surface area contributed by atoms with Crippen molar-refractivity contribution in [2.45, 2.75) is 46.6 Å². The van der Waals surface area contributed by atoms with Crippen LogP contribution in [-0.4, -0.2) is 30.2 Å². The van der Waals surface area contributed by atoms with E-state index in [0.717, 1.165) is 30.4 Å². The minimum atomic E-state index is 0.00483. The fourth-order valence-electron chi connectivity index (χ4n) is 1.70. The highest BCUT2D eigenvalue weighted by atomic mass is 16.5. The summed E-state index contributed by atoms with van der Waals surface area (Å²) in [5.41, 5.74) is 2.15. The Bertz CT molecular complexity index is 396. The lowest BCUT2D eigenvalue weighted by Crippen LogP contribution is -2.48. The van der Waals surface area contributed by atoms with Crippen LogP contribution in [0.15, 0.2) is 9.52 Å². The number of aromatic nitrogens is 1. The van der Waals surface area contributed by atoms with E-state index in [1.165, 1.54) is 5.56 Å². The number of aliphatic imine (C=N–C) groups is 1. The van der Waals surface area contributed by atoms with E-state index in [-0.39, 0.29) is 5.54 Å². The van der Waals surface area contributed by atoms with Gasteiger partial charge in [-0.05, 0) is 41.0 Å². The average molecular weight is 252 g/mol. The Hall–Kier alpha value is -1.52. The molecule has 0 unspecified atom stereocenters. The molecule has 0 aliphatic carbocycles. The maximum atomic E-state index is 5.14. The summed E-state index contributed by atoms with van der Waals surface area (Å²) in [4.78, 5) is 4.19. The van der Waals surface area contributed by atoms with Crippen molar-refractivity contribution < 1.29 is 4.52 Å². The molecule has 0 aromatic carbocycles. The summed E-state index contributed by atoms with van der Waals surface area (Å²) in [6.07, 6.45) is 0.881. The van der Waals surface area contributed by atoms with E-state index in [2.05, 4.69) is 41.6 Å². The first-order chi connectivity index (χ1) is 8.33. The molecule has 0 bridgehead atoms. The quantitative estimate of drug-likeness (QED) is 0.636. The van der Waals surface area contributed by atoms with Crippen molar-refractivity contribution in [1.82, 2.24) is 15.8 Å². The SMILES string of the molecule is CN=C(NCCc1c(C)noc1C)NC(C)(C)C. The Labute approximate surface area is 109 Å². The van der Waals surface area contributed by atoms with E-state index in [4.69, 9.17) is 4.52 Å². The number of nitrogens with one attached hydrogen (secondary N) is 2. The fourth-order valence-corrected chi connectivity index (χ4v) is 1.70. The van der Waals surface area contributed by atoms with Gasteiger partial charge in [0.15, 0.2) is 5.96 Å². The predicted octanol–water partition coefficient (Wildman–Crippen LogP) is 1.80. The van der Waals surface area contributed by atoms with Gasteiger partial charge in [-0.15, -0.1) is 0 Å². The Balaban J connectivity index is 2.46. The second-order valence-corrected chi connectivity index (χ2v) is 5.43. The summed E-state index contributed by atoms with van der Waals surface area (Å²) in [6, 6.07) is 0. The predicted molar refractivity (Wildman–Crippen MR) is 73.9 cm³/mol. The topological polar surface area (TPSA) is 62.5 Å². The summed E-state index contributed by atoms with van der Waals surface area (Å²) < 4.78 is 5.14. The molecule has 0 saturated carbocycles. The van der Waals surface area contributed by atoms with Gasteiger partial charge in [-0.2, -0.15) is 0 Å². The number of aryl methyl sites for hydroxylation is 2. The van der Waals surface area contributed by atoms with Gasteiger partial charge in [0.05, 0.1) is 5.69 Å². The third kappa shape index (κ3) is 4.39. The summed E-state index contributed by atoms with van der Waals surface area (Å²) in [7, 11) is 1.77. The van der Waals surface area contributed by atoms with E-state index >= 15 is 0 Å². The monoisotopic (exact) mass is 252 g/mol. The third-order valence-electron chi connectivity index (χ3n) is 2.57. The van der Waals surface area contributed by atoms with Crippen LogP contribution in [0.4, 0.5) is 0 Å². The van der Waals surface area contributed by atoms with Crippen LogP contribution in [0.5, 0.6) is 0 Å². The summed E-state index contributed by atoms with van der Waals surface area (Å²) >= 11 is 0. The van der Waals surface area contributed by atoms with E-state index in [1.54, 1.807) is 7.05 Å². The molecule has 1 rings (SSSR count). The van der Waals surface area contributed by atoms with Gasteiger partial charge in [0.1, 0.15) is 5.76 Å². The molecule has 0 aliphatic rings. The normalized spacial score (nSPS) is 12.7. The molecule has 18 heavy (non-hydrogen) atoms. The van der Waals surface area contributed by atoms with Crippen LogP contribution in [0.1, 0.15) is 37.8 Å². The molecule has 0 radical (unpaired) electrons. The highest BCUT2D eigenvalue weighted by Gasteiger charge is 2.12. The summed E-state index contributed by atoms with van der Waals surface area (Å²) in [5, 5.41) is 10.5. The molecule has 2 N–H and O–H groups in total. The summed E-state index contributed by atoms with van der Waals surface area (Å²) in [5.74, 6) is 1.71. The van der Waals surface area contributed by atoms with Crippen LogP contribution >= 0.6 is 0 Å². The maximum absolute atomic E-state index is 5.14. The fraction of sp³-hybridized carbons (Fsp3) is 0.692. The van der Waals surface area contributed by atoms with Gasteiger partial charge in [-0.25, -0.2) is 0 Å². The molecule has 0 amide bonds. The number of hydrogen-bond acceptors (Lipinski definition) is 3. The first-order valence-electron chi connectivity index (χ1n) is 6.24. The smallest absolute Gasteiger partial charge is 0.191 e. The van der Waals surface area contributed by atoms with Crippen LogP contribution in [0.2, 0.25) is 0 Å². The van der Waals surface area contributed by atoms with Crippen molar-refractivity contribution in [2.24, 2.45) is 4.99 Å². The molecule has 0 aliphatic heterocycles. The Morgan fingerprint density at radius 1 is 1.33 bits per heavy atom. The van der Waals surface area contributed by atoms with Crippen molar-refractivity contribution in [1.29, 1.82) is 0 Å². The van der Waals surface area contributed by atoms with Crippen LogP contribution in [-0.2, 0) is 6.42 Å². The lowest BCUT2D eigenvalue weighted by atomic mass is 10.1. The largest absolute Gasteiger partial charge is 0.361 e. The molecule has 102 valence electrons. The lowest BCUT2D eigenvalue weighted by Gasteiger charge is -2.23. The van der Waals surface area contributed by atoms with E-state index in [0.29, 0.717) is 0 Å². The molecule has 5 heteroatoms. The highest BCUT2D eigenvalue weighted by Crippen LogP contribution is 2.12. The highest BCUT2D eigenvalue weighted by molar-refractivity contribution is 5.80. The van der Waals surface area contributed by atoms with Crippen molar-refractivity contribution in [3.8, 4) is 0 Å². The third-order valence-corrected chi connectivity index (χ3v) is 2.57. The van der Waals surface area contributed by atoms with Gasteiger partial charge < -0.3 is 15.2 Å². The van der Waals surface area contributed by atoms with Crippen LogP contribution < -0.4 is 10.6 Å². The maximum Gasteiger partial charge on any atom is 0.191 e. The molecule has 0 spiro atoms. The first kappa shape index (κ1) is 14.5. The van der Waals surface area contributed by atoms with Crippen LogP contribution in [0.25, 0.3) is 0 Å². The zero-order valence-electron chi connectivity index (χ0n) is 12.2. The van der Waals surface area contributed by atoms with Gasteiger partial charge in [0.25, 0.3) is 0 Å². The summed E-state index contributed by atoms with van der Waals surface area (Å²) in [6.45, 7) is 11.0. The zero-order valence-corrected chi connectivity index (χ0v) is 12.2. The second-order valence-electron chi connectivity index (χ2n) is 5.43. The number of rotatable bonds is 3. The lowest BCUT2D eigenvalue weighted by molar-refractivity contribution is 0.392. The molecule has 0 saturated heterocycles. The Kier molecular flexibility index (Phi) is 4.76. The minimum absolute atomic E-state index is 0.00483. The second kappa shape index (κ2) is 5.89. The molecule has 1 aromatic heterocycles. The van der Waals surface area contributed by atoms with Crippen molar-refractivity contribution in [2.75, 3.05) is 13.6 Å². The molecule has 5 nitrogen and oxygen atoms in total. The van der Waals surface area contributed by atoms with Crippen LogP contribution in [0, 0.1) is 13.8 Å². The Morgan fingerprint density at radius 2 is 2.00 bits per heavy atom. The molecule has 0 fully saturated rings. The zero-order chi connectivity index (χ0) is 13.8. The van der Waals surface area contributed by atoms with Crippen LogP contribution in [0.3, 0.4) is 0 Å². The van der Waals surface area contributed by atoms with Crippen molar-refractivity contribution in [3.05, 3.63) is 17.0 Å². The van der Waals surface area contributed by atoms with Gasteiger partial charge in [-0.1, -0.05) is 5.16 Å². The van der Waals surface area contributed by atoms with Gasteiger partial charge in [0.2, 0.25) is 0 Å². The number of guanidine groups is 1. The average Bonchev–Trinajstić information content (AvgIpc) is 2.57. The standard InChI is InChI=1S/C13H24N4O/c1-9-11(10(2)18-17-9)7-8-15-12(14-6)16-13(3,4)5/h7-8H2,1-6H3,(H2,14,15,16). The van der Waals surface area contributed by atoms with E-state index < -0.39 is 0 Å². The van der Waals surface area contributed by atoms with Crippen molar-refractivity contribution in [3.63, 3.8) is 0 Å². The first-order valence-corrected chi connectivity index (χ1v) is 6.24. The Morgan fingerprint density at radius 3 is 2.44 bits per heavy atom. The number of hydrogen-bond donors (Lipinski definition) is 2. The molecule has 0 atom stereocenters. The van der Waals surface area contributed by atoms with E-state index in [9.17, 15) is 0 Å². The molecule has 1 aromatic rings. The van der Waals surface area contributed by atoms with Gasteiger partial charge in [-0.3, -0.25) is 4.99 Å².